The summed E-state index contributed by atoms with van der Waals surface area (Å²) < 4.78 is 11.0. The SMILES string of the molecule is CC(CNC1=NCCCC1)S(C)=O. The summed E-state index contributed by atoms with van der Waals surface area (Å²) >= 11 is 0. The number of rotatable bonds is 3. The van der Waals surface area contributed by atoms with E-state index < -0.39 is 10.8 Å². The van der Waals surface area contributed by atoms with Crippen LogP contribution in [-0.4, -0.2) is 34.6 Å². The second-order valence-electron chi connectivity index (χ2n) is 3.48. The minimum absolute atomic E-state index is 0.213. The minimum atomic E-state index is -0.732. The van der Waals surface area contributed by atoms with Crippen LogP contribution in [0.3, 0.4) is 0 Å². The molecule has 1 N–H and O–H groups in total. The smallest absolute Gasteiger partial charge is 0.0963 e. The van der Waals surface area contributed by atoms with Gasteiger partial charge in [0.25, 0.3) is 0 Å². The molecule has 0 saturated carbocycles. The van der Waals surface area contributed by atoms with Crippen LogP contribution in [0.1, 0.15) is 26.2 Å². The largest absolute Gasteiger partial charge is 0.373 e. The summed E-state index contributed by atoms with van der Waals surface area (Å²) in [5.74, 6) is 1.10. The van der Waals surface area contributed by atoms with E-state index >= 15 is 0 Å². The maximum atomic E-state index is 11.0. The molecule has 2 unspecified atom stereocenters. The first kappa shape index (κ1) is 10.7. The van der Waals surface area contributed by atoms with Crippen LogP contribution in [-0.2, 0) is 10.8 Å². The third-order valence-corrected chi connectivity index (χ3v) is 3.58. The zero-order valence-corrected chi connectivity index (χ0v) is 9.19. The fourth-order valence-corrected chi connectivity index (χ4v) is 1.54. The minimum Gasteiger partial charge on any atom is -0.373 e. The fourth-order valence-electron chi connectivity index (χ4n) is 1.22. The molecule has 3 nitrogen and oxygen atoms in total. The van der Waals surface area contributed by atoms with E-state index in [-0.39, 0.29) is 5.25 Å². The predicted molar refractivity (Wildman–Crippen MR) is 57.7 cm³/mol. The van der Waals surface area contributed by atoms with Crippen molar-refractivity contribution in [3.05, 3.63) is 0 Å². The van der Waals surface area contributed by atoms with Crippen LogP contribution in [0, 0.1) is 0 Å². The van der Waals surface area contributed by atoms with Crippen molar-refractivity contribution >= 4 is 16.6 Å². The van der Waals surface area contributed by atoms with Gasteiger partial charge in [-0.25, -0.2) is 0 Å². The van der Waals surface area contributed by atoms with E-state index in [1.807, 2.05) is 6.92 Å². The second kappa shape index (κ2) is 5.37. The monoisotopic (exact) mass is 202 g/mol. The molecule has 0 amide bonds. The summed E-state index contributed by atoms with van der Waals surface area (Å²) in [6, 6.07) is 0. The van der Waals surface area contributed by atoms with Gasteiger partial charge in [-0.3, -0.25) is 9.20 Å². The Morgan fingerprint density at radius 1 is 1.62 bits per heavy atom. The Balaban J connectivity index is 2.25. The van der Waals surface area contributed by atoms with Crippen molar-refractivity contribution in [2.24, 2.45) is 4.99 Å². The quantitative estimate of drug-likeness (QED) is 0.739. The summed E-state index contributed by atoms with van der Waals surface area (Å²) in [7, 11) is -0.732. The highest BCUT2D eigenvalue weighted by molar-refractivity contribution is 7.84. The molecule has 0 aromatic carbocycles. The summed E-state index contributed by atoms with van der Waals surface area (Å²) in [5.41, 5.74) is 0. The van der Waals surface area contributed by atoms with Crippen LogP contribution >= 0.6 is 0 Å². The Bertz CT molecular complexity index is 216. The molecule has 1 heterocycles. The maximum Gasteiger partial charge on any atom is 0.0963 e. The molecule has 0 radical (unpaired) electrons. The molecule has 4 heteroatoms. The molecule has 0 aromatic heterocycles. The molecule has 2 atom stereocenters. The number of hydrogen-bond acceptors (Lipinski definition) is 3. The summed E-state index contributed by atoms with van der Waals surface area (Å²) in [5, 5.41) is 3.47. The fraction of sp³-hybridized carbons (Fsp3) is 0.889. The van der Waals surface area contributed by atoms with E-state index in [9.17, 15) is 4.21 Å². The molecule has 0 saturated heterocycles. The van der Waals surface area contributed by atoms with Crippen molar-refractivity contribution in [2.75, 3.05) is 19.3 Å². The lowest BCUT2D eigenvalue weighted by Crippen LogP contribution is -2.33. The third kappa shape index (κ3) is 3.89. The Morgan fingerprint density at radius 2 is 2.38 bits per heavy atom. The lowest BCUT2D eigenvalue weighted by atomic mass is 10.2. The van der Waals surface area contributed by atoms with Crippen LogP contribution in [0.2, 0.25) is 0 Å². The van der Waals surface area contributed by atoms with Crippen LogP contribution in [0.4, 0.5) is 0 Å². The highest BCUT2D eigenvalue weighted by Gasteiger charge is 2.08. The van der Waals surface area contributed by atoms with Crippen LogP contribution in [0.25, 0.3) is 0 Å². The molecule has 0 aliphatic carbocycles. The molecule has 76 valence electrons. The zero-order valence-electron chi connectivity index (χ0n) is 8.38. The molecule has 0 aromatic rings. The molecule has 0 bridgehead atoms. The van der Waals surface area contributed by atoms with Gasteiger partial charge in [0.2, 0.25) is 0 Å². The van der Waals surface area contributed by atoms with Crippen molar-refractivity contribution in [1.82, 2.24) is 5.32 Å². The molecule has 0 spiro atoms. The van der Waals surface area contributed by atoms with E-state index in [1.165, 1.54) is 12.8 Å². The van der Waals surface area contributed by atoms with Crippen molar-refractivity contribution in [1.29, 1.82) is 0 Å². The number of nitrogens with zero attached hydrogens (tertiary/aromatic N) is 1. The highest BCUT2D eigenvalue weighted by Crippen LogP contribution is 2.04. The van der Waals surface area contributed by atoms with Crippen LogP contribution in [0.5, 0.6) is 0 Å². The van der Waals surface area contributed by atoms with Gasteiger partial charge >= 0.3 is 0 Å². The van der Waals surface area contributed by atoms with Crippen LogP contribution < -0.4 is 5.32 Å². The topological polar surface area (TPSA) is 41.5 Å². The molecule has 1 aliphatic rings. The summed E-state index contributed by atoms with van der Waals surface area (Å²) in [4.78, 5) is 4.37. The Morgan fingerprint density at radius 3 is 2.92 bits per heavy atom. The predicted octanol–water partition coefficient (Wildman–Crippen LogP) is 0.925. The van der Waals surface area contributed by atoms with Gasteiger partial charge in [0, 0.05) is 41.8 Å². The normalized spacial score (nSPS) is 21.8. The Hall–Kier alpha value is -0.380. The first-order chi connectivity index (χ1) is 6.20. The molecule has 1 rings (SSSR count). The van der Waals surface area contributed by atoms with Crippen molar-refractivity contribution < 1.29 is 4.21 Å². The van der Waals surface area contributed by atoms with Crippen molar-refractivity contribution in [3.8, 4) is 0 Å². The van der Waals surface area contributed by atoms with E-state index in [0.717, 1.165) is 25.3 Å². The second-order valence-corrected chi connectivity index (χ2v) is 5.28. The average molecular weight is 202 g/mol. The van der Waals surface area contributed by atoms with Crippen molar-refractivity contribution in [2.45, 2.75) is 31.4 Å². The lowest BCUT2D eigenvalue weighted by molar-refractivity contribution is 0.668. The van der Waals surface area contributed by atoms with Gasteiger partial charge in [-0.05, 0) is 19.8 Å². The third-order valence-electron chi connectivity index (χ3n) is 2.28. The molecular formula is C9H18N2OS. The number of aliphatic imine (C=N–C) groups is 1. The lowest BCUT2D eigenvalue weighted by Gasteiger charge is -2.16. The molecule has 13 heavy (non-hydrogen) atoms. The first-order valence-corrected chi connectivity index (χ1v) is 6.41. The molecule has 1 aliphatic heterocycles. The Labute approximate surface area is 82.5 Å². The molecular weight excluding hydrogens is 184 g/mol. The summed E-state index contributed by atoms with van der Waals surface area (Å²) in [6.07, 6.45) is 5.24. The summed E-state index contributed by atoms with van der Waals surface area (Å²) in [6.45, 7) is 3.72. The first-order valence-electron chi connectivity index (χ1n) is 4.79. The van der Waals surface area contributed by atoms with E-state index in [0.29, 0.717) is 0 Å². The van der Waals surface area contributed by atoms with Gasteiger partial charge in [-0.2, -0.15) is 0 Å². The van der Waals surface area contributed by atoms with Gasteiger partial charge in [0.15, 0.2) is 0 Å². The Kier molecular flexibility index (Phi) is 4.42. The highest BCUT2D eigenvalue weighted by atomic mass is 32.2. The van der Waals surface area contributed by atoms with Crippen molar-refractivity contribution in [3.63, 3.8) is 0 Å². The zero-order chi connectivity index (χ0) is 9.68. The van der Waals surface area contributed by atoms with Gasteiger partial charge in [-0.1, -0.05) is 0 Å². The van der Waals surface area contributed by atoms with E-state index in [4.69, 9.17) is 0 Å². The van der Waals surface area contributed by atoms with E-state index in [1.54, 1.807) is 6.26 Å². The average Bonchev–Trinajstić information content (AvgIpc) is 2.15. The van der Waals surface area contributed by atoms with Gasteiger partial charge < -0.3 is 5.32 Å². The van der Waals surface area contributed by atoms with Crippen LogP contribution in [0.15, 0.2) is 4.99 Å². The standard InChI is InChI=1S/C9H18N2OS/c1-8(13(2)12)7-11-9-5-3-4-6-10-9/h8H,3-7H2,1-2H3,(H,10,11). The number of amidine groups is 1. The van der Waals surface area contributed by atoms with Gasteiger partial charge in [-0.15, -0.1) is 0 Å². The van der Waals surface area contributed by atoms with E-state index in [2.05, 4.69) is 10.3 Å². The number of nitrogens with one attached hydrogen (secondary N) is 1. The van der Waals surface area contributed by atoms with Gasteiger partial charge in [0.1, 0.15) is 0 Å². The molecule has 0 fully saturated rings. The maximum absolute atomic E-state index is 11.0. The van der Waals surface area contributed by atoms with Gasteiger partial charge in [0.05, 0.1) is 5.84 Å². The number of hydrogen-bond donors (Lipinski definition) is 1.